The highest BCUT2D eigenvalue weighted by Gasteiger charge is 2.23. The molecule has 5 nitrogen and oxygen atoms in total. The van der Waals surface area contributed by atoms with Gasteiger partial charge in [0.25, 0.3) is 5.91 Å². The molecule has 2 aromatic rings. The summed E-state index contributed by atoms with van der Waals surface area (Å²) in [5, 5.41) is 0. The van der Waals surface area contributed by atoms with E-state index in [0.29, 0.717) is 16.7 Å². The maximum Gasteiger partial charge on any atom is 0.274 e. The first-order valence-electron chi connectivity index (χ1n) is 9.60. The first-order chi connectivity index (χ1) is 13.4. The van der Waals surface area contributed by atoms with Gasteiger partial charge in [0.1, 0.15) is 0 Å². The second-order valence-corrected chi connectivity index (χ2v) is 9.15. The molecule has 0 saturated carbocycles. The van der Waals surface area contributed by atoms with Crippen molar-refractivity contribution in [2.75, 3.05) is 0 Å². The lowest BCUT2D eigenvalue weighted by Crippen LogP contribution is -2.24. The van der Waals surface area contributed by atoms with Gasteiger partial charge in [0, 0.05) is 27.5 Å². The van der Waals surface area contributed by atoms with Crippen LogP contribution in [0.3, 0.4) is 0 Å². The highest BCUT2D eigenvalue weighted by molar-refractivity contribution is 6.01. The largest absolute Gasteiger partial charge is 0.294 e. The number of carbonyl (C=O) groups is 3. The van der Waals surface area contributed by atoms with Crippen molar-refractivity contribution >= 4 is 17.5 Å². The van der Waals surface area contributed by atoms with E-state index in [-0.39, 0.29) is 24.1 Å². The molecular weight excluding hydrogens is 366 g/mol. The standard InChI is InChI=1S/C24H29NO4/c1-23(2,3)20(26)17-9-7-16(8-10-17)15-29-25-22(28)19-13-11-18(12-14-19)21(27)24(4,5)6/h7-14H,15H2,1-6H3,(H,25,28). The molecule has 0 aliphatic rings. The summed E-state index contributed by atoms with van der Waals surface area (Å²) in [6.45, 7) is 11.4. The van der Waals surface area contributed by atoms with Crippen molar-refractivity contribution in [1.82, 2.24) is 5.48 Å². The summed E-state index contributed by atoms with van der Waals surface area (Å²) in [6.07, 6.45) is 0. The smallest absolute Gasteiger partial charge is 0.274 e. The molecule has 2 rings (SSSR count). The lowest BCUT2D eigenvalue weighted by atomic mass is 9.86. The Labute approximate surface area is 172 Å². The fraction of sp³-hybridized carbons (Fsp3) is 0.375. The minimum Gasteiger partial charge on any atom is -0.294 e. The van der Waals surface area contributed by atoms with Gasteiger partial charge in [0.15, 0.2) is 11.6 Å². The molecule has 0 heterocycles. The van der Waals surface area contributed by atoms with Crippen molar-refractivity contribution in [2.45, 2.75) is 48.1 Å². The van der Waals surface area contributed by atoms with E-state index in [2.05, 4.69) is 5.48 Å². The topological polar surface area (TPSA) is 72.5 Å². The van der Waals surface area contributed by atoms with Crippen LogP contribution in [0.25, 0.3) is 0 Å². The maximum atomic E-state index is 12.3. The number of nitrogens with one attached hydrogen (secondary N) is 1. The molecule has 1 N–H and O–H groups in total. The monoisotopic (exact) mass is 395 g/mol. The summed E-state index contributed by atoms with van der Waals surface area (Å²) >= 11 is 0. The van der Waals surface area contributed by atoms with Crippen LogP contribution in [0.15, 0.2) is 48.5 Å². The van der Waals surface area contributed by atoms with E-state index in [1.54, 1.807) is 48.5 Å². The zero-order valence-electron chi connectivity index (χ0n) is 18.0. The molecule has 154 valence electrons. The number of rotatable bonds is 6. The number of hydroxylamine groups is 1. The normalized spacial score (nSPS) is 11.8. The van der Waals surface area contributed by atoms with Crippen LogP contribution >= 0.6 is 0 Å². The Kier molecular flexibility index (Phi) is 6.75. The highest BCUT2D eigenvalue weighted by atomic mass is 16.6. The first-order valence-corrected chi connectivity index (χ1v) is 9.60. The van der Waals surface area contributed by atoms with Gasteiger partial charge in [-0.1, -0.05) is 77.9 Å². The van der Waals surface area contributed by atoms with Gasteiger partial charge in [-0.3, -0.25) is 19.2 Å². The molecule has 0 atom stereocenters. The minimum atomic E-state index is -0.472. The van der Waals surface area contributed by atoms with Gasteiger partial charge in [0.2, 0.25) is 0 Å². The fourth-order valence-electron chi connectivity index (χ4n) is 2.64. The van der Waals surface area contributed by atoms with E-state index in [1.807, 2.05) is 41.5 Å². The lowest BCUT2D eigenvalue weighted by Gasteiger charge is -2.17. The summed E-state index contributed by atoms with van der Waals surface area (Å²) in [5.41, 5.74) is 3.95. The second-order valence-electron chi connectivity index (χ2n) is 9.15. The number of hydrogen-bond acceptors (Lipinski definition) is 4. The van der Waals surface area contributed by atoms with E-state index in [0.717, 1.165) is 5.56 Å². The van der Waals surface area contributed by atoms with Crippen LogP contribution in [0, 0.1) is 10.8 Å². The minimum absolute atomic E-state index is 0.0223. The van der Waals surface area contributed by atoms with E-state index >= 15 is 0 Å². The molecule has 0 spiro atoms. The fourth-order valence-corrected chi connectivity index (χ4v) is 2.64. The third kappa shape index (κ3) is 6.09. The summed E-state index contributed by atoms with van der Waals surface area (Å²) in [7, 11) is 0. The van der Waals surface area contributed by atoms with E-state index in [9.17, 15) is 14.4 Å². The predicted molar refractivity (Wildman–Crippen MR) is 113 cm³/mol. The molecule has 0 saturated heterocycles. The Morgan fingerprint density at radius 2 is 1.07 bits per heavy atom. The van der Waals surface area contributed by atoms with Crippen LogP contribution in [0.5, 0.6) is 0 Å². The van der Waals surface area contributed by atoms with Crippen LogP contribution in [-0.4, -0.2) is 17.5 Å². The van der Waals surface area contributed by atoms with Gasteiger partial charge in [-0.25, -0.2) is 5.48 Å². The van der Waals surface area contributed by atoms with E-state index in [4.69, 9.17) is 4.84 Å². The Bertz CT molecular complexity index is 882. The Balaban J connectivity index is 1.90. The van der Waals surface area contributed by atoms with Gasteiger partial charge < -0.3 is 0 Å². The van der Waals surface area contributed by atoms with Crippen LogP contribution in [-0.2, 0) is 11.4 Å². The molecule has 0 unspecified atom stereocenters. The number of hydrogen-bond donors (Lipinski definition) is 1. The van der Waals surface area contributed by atoms with Crippen LogP contribution in [0.4, 0.5) is 0 Å². The zero-order chi connectivity index (χ0) is 21.8. The highest BCUT2D eigenvalue weighted by Crippen LogP contribution is 2.22. The Morgan fingerprint density at radius 1 is 0.690 bits per heavy atom. The molecular formula is C24H29NO4. The van der Waals surface area contributed by atoms with Gasteiger partial charge >= 0.3 is 0 Å². The number of amides is 1. The molecule has 1 amide bonds. The van der Waals surface area contributed by atoms with Crippen LogP contribution < -0.4 is 5.48 Å². The lowest BCUT2D eigenvalue weighted by molar-refractivity contribution is 0.0233. The first kappa shape index (κ1) is 22.5. The summed E-state index contributed by atoms with van der Waals surface area (Å²) in [4.78, 5) is 42.0. The maximum absolute atomic E-state index is 12.3. The number of carbonyl (C=O) groups excluding carboxylic acids is 3. The van der Waals surface area contributed by atoms with E-state index < -0.39 is 10.8 Å². The molecule has 0 bridgehead atoms. The Morgan fingerprint density at radius 3 is 1.48 bits per heavy atom. The molecule has 0 aliphatic heterocycles. The van der Waals surface area contributed by atoms with E-state index in [1.165, 1.54) is 0 Å². The molecule has 5 heteroatoms. The quantitative estimate of drug-likeness (QED) is 0.551. The molecule has 0 aliphatic carbocycles. The summed E-state index contributed by atoms with van der Waals surface area (Å²) in [5.74, 6) is -0.292. The van der Waals surface area contributed by atoms with Gasteiger partial charge in [-0.15, -0.1) is 0 Å². The van der Waals surface area contributed by atoms with Gasteiger partial charge in [-0.05, 0) is 17.7 Å². The third-order valence-electron chi connectivity index (χ3n) is 4.39. The van der Waals surface area contributed by atoms with Crippen molar-refractivity contribution in [1.29, 1.82) is 0 Å². The average Bonchev–Trinajstić information content (AvgIpc) is 2.66. The molecule has 29 heavy (non-hydrogen) atoms. The van der Waals surface area contributed by atoms with Crippen LogP contribution in [0.2, 0.25) is 0 Å². The summed E-state index contributed by atoms with van der Waals surface area (Å²) < 4.78 is 0. The second kappa shape index (κ2) is 8.70. The zero-order valence-corrected chi connectivity index (χ0v) is 18.0. The number of Topliss-reactive ketones (excluding diaryl/α,β-unsaturated/α-hetero) is 2. The number of ketones is 2. The predicted octanol–water partition coefficient (Wildman–Crippen LogP) is 5.01. The molecule has 0 aromatic heterocycles. The van der Waals surface area contributed by atoms with Gasteiger partial charge in [0.05, 0.1) is 6.61 Å². The van der Waals surface area contributed by atoms with Crippen LogP contribution in [0.1, 0.15) is 78.2 Å². The SMILES string of the molecule is CC(C)(C)C(=O)c1ccc(CONC(=O)c2ccc(C(=O)C(C)(C)C)cc2)cc1. The third-order valence-corrected chi connectivity index (χ3v) is 4.39. The molecule has 0 fully saturated rings. The van der Waals surface area contributed by atoms with Gasteiger partial charge in [-0.2, -0.15) is 0 Å². The molecule has 0 radical (unpaired) electrons. The van der Waals surface area contributed by atoms with Crippen molar-refractivity contribution in [3.05, 3.63) is 70.8 Å². The number of benzene rings is 2. The average molecular weight is 395 g/mol. The van der Waals surface area contributed by atoms with Crippen molar-refractivity contribution in [3.8, 4) is 0 Å². The Hall–Kier alpha value is -2.79. The van der Waals surface area contributed by atoms with Crippen molar-refractivity contribution in [2.24, 2.45) is 10.8 Å². The summed E-state index contributed by atoms with van der Waals surface area (Å²) in [6, 6.07) is 13.6. The van der Waals surface area contributed by atoms with Crippen molar-refractivity contribution < 1.29 is 19.2 Å². The van der Waals surface area contributed by atoms with Crippen molar-refractivity contribution in [3.63, 3.8) is 0 Å². The molecule has 2 aromatic carbocycles.